The third-order valence-electron chi connectivity index (χ3n) is 4.88. The molecule has 0 radical (unpaired) electrons. The van der Waals surface area contributed by atoms with Crippen molar-refractivity contribution in [3.05, 3.63) is 59.5 Å². The Labute approximate surface area is 162 Å². The second-order valence-corrected chi connectivity index (χ2v) is 6.78. The fourth-order valence-electron chi connectivity index (χ4n) is 3.36. The van der Waals surface area contributed by atoms with Crippen molar-refractivity contribution in [3.63, 3.8) is 0 Å². The molecule has 1 aliphatic rings. The molecule has 3 rings (SSSR count). The van der Waals surface area contributed by atoms with Gasteiger partial charge in [0.15, 0.2) is 5.96 Å². The highest BCUT2D eigenvalue weighted by molar-refractivity contribution is 5.79. The predicted octanol–water partition coefficient (Wildman–Crippen LogP) is 3.80. The van der Waals surface area contributed by atoms with Crippen LogP contribution in [-0.2, 0) is 12.7 Å². The van der Waals surface area contributed by atoms with Crippen LogP contribution in [0.25, 0.3) is 0 Å². The van der Waals surface area contributed by atoms with Crippen molar-refractivity contribution in [2.75, 3.05) is 26.7 Å². The van der Waals surface area contributed by atoms with Crippen LogP contribution in [0.2, 0.25) is 0 Å². The van der Waals surface area contributed by atoms with E-state index in [9.17, 15) is 13.2 Å². The van der Waals surface area contributed by atoms with Crippen LogP contribution in [0.4, 0.5) is 13.2 Å². The minimum Gasteiger partial charge on any atom is -0.468 e. The highest BCUT2D eigenvalue weighted by atomic mass is 19.4. The van der Waals surface area contributed by atoms with Gasteiger partial charge in [0.25, 0.3) is 0 Å². The SMILES string of the molecule is CN=C(NCc1ccc(C(F)(F)F)cc1)NCC(c1ccco1)N1CCCC1. The molecule has 28 heavy (non-hydrogen) atoms. The van der Waals surface area contributed by atoms with Crippen molar-refractivity contribution < 1.29 is 17.6 Å². The van der Waals surface area contributed by atoms with E-state index in [-0.39, 0.29) is 6.04 Å². The summed E-state index contributed by atoms with van der Waals surface area (Å²) in [6, 6.07) is 9.10. The summed E-state index contributed by atoms with van der Waals surface area (Å²) in [5.74, 6) is 1.50. The molecule has 0 saturated carbocycles. The second-order valence-electron chi connectivity index (χ2n) is 6.78. The van der Waals surface area contributed by atoms with Crippen molar-refractivity contribution in [1.29, 1.82) is 0 Å². The first kappa shape index (κ1) is 20.3. The minimum absolute atomic E-state index is 0.113. The Balaban J connectivity index is 1.55. The van der Waals surface area contributed by atoms with E-state index in [1.165, 1.54) is 25.0 Å². The summed E-state index contributed by atoms with van der Waals surface area (Å²) >= 11 is 0. The molecule has 5 nitrogen and oxygen atoms in total. The molecular formula is C20H25F3N4O. The maximum absolute atomic E-state index is 12.7. The van der Waals surface area contributed by atoms with Gasteiger partial charge in [-0.15, -0.1) is 0 Å². The standard InChI is InChI=1S/C20H25F3N4O/c1-24-19(25-13-15-6-8-16(9-7-15)20(21,22)23)26-14-17(18-5-4-12-28-18)27-10-2-3-11-27/h4-9,12,17H,2-3,10-11,13-14H2,1H3,(H2,24,25,26). The van der Waals surface area contributed by atoms with E-state index in [0.29, 0.717) is 19.0 Å². The number of alkyl halides is 3. The zero-order chi connectivity index (χ0) is 20.0. The quantitative estimate of drug-likeness (QED) is 0.578. The van der Waals surface area contributed by atoms with Gasteiger partial charge in [-0.25, -0.2) is 0 Å². The van der Waals surface area contributed by atoms with E-state index in [2.05, 4.69) is 20.5 Å². The molecule has 1 aliphatic heterocycles. The first-order chi connectivity index (χ1) is 13.5. The van der Waals surface area contributed by atoms with Crippen molar-refractivity contribution >= 4 is 5.96 Å². The summed E-state index contributed by atoms with van der Waals surface area (Å²) in [5.41, 5.74) is 0.101. The monoisotopic (exact) mass is 394 g/mol. The number of aliphatic imine (C=N–C) groups is 1. The summed E-state index contributed by atoms with van der Waals surface area (Å²) < 4.78 is 43.6. The molecule has 1 unspecified atom stereocenters. The molecule has 0 amide bonds. The van der Waals surface area contributed by atoms with Gasteiger partial charge in [-0.1, -0.05) is 12.1 Å². The van der Waals surface area contributed by atoms with Crippen LogP contribution >= 0.6 is 0 Å². The lowest BCUT2D eigenvalue weighted by Gasteiger charge is -2.26. The smallest absolute Gasteiger partial charge is 0.416 e. The van der Waals surface area contributed by atoms with Gasteiger partial charge in [-0.05, 0) is 55.8 Å². The molecule has 1 atom stereocenters. The molecular weight excluding hydrogens is 369 g/mol. The van der Waals surface area contributed by atoms with Crippen LogP contribution in [0, 0.1) is 0 Å². The Morgan fingerprint density at radius 2 is 1.86 bits per heavy atom. The Kier molecular flexibility index (Phi) is 6.61. The van der Waals surface area contributed by atoms with Gasteiger partial charge in [0, 0.05) is 20.1 Å². The summed E-state index contributed by atoms with van der Waals surface area (Å²) in [6.07, 6.45) is -0.285. The Morgan fingerprint density at radius 1 is 1.14 bits per heavy atom. The van der Waals surface area contributed by atoms with Gasteiger partial charge in [-0.3, -0.25) is 9.89 Å². The van der Waals surface area contributed by atoms with Crippen molar-refractivity contribution in [2.24, 2.45) is 4.99 Å². The average Bonchev–Trinajstić information content (AvgIpc) is 3.38. The average molecular weight is 394 g/mol. The highest BCUT2D eigenvalue weighted by Gasteiger charge is 2.30. The number of halogens is 3. The molecule has 1 aromatic heterocycles. The number of nitrogens with zero attached hydrogens (tertiary/aromatic N) is 2. The van der Waals surface area contributed by atoms with Crippen molar-refractivity contribution in [2.45, 2.75) is 31.6 Å². The summed E-state index contributed by atoms with van der Waals surface area (Å²) in [5, 5.41) is 6.44. The first-order valence-corrected chi connectivity index (χ1v) is 9.35. The molecule has 152 valence electrons. The summed E-state index contributed by atoms with van der Waals surface area (Å²) in [6.45, 7) is 3.07. The van der Waals surface area contributed by atoms with Crippen molar-refractivity contribution in [1.82, 2.24) is 15.5 Å². The van der Waals surface area contributed by atoms with Gasteiger partial charge in [-0.2, -0.15) is 13.2 Å². The Hall–Kier alpha value is -2.48. The molecule has 2 N–H and O–H groups in total. The topological polar surface area (TPSA) is 52.8 Å². The van der Waals surface area contributed by atoms with E-state index in [1.54, 1.807) is 13.3 Å². The van der Waals surface area contributed by atoms with Gasteiger partial charge < -0.3 is 15.1 Å². The normalized spacial score (nSPS) is 16.9. The summed E-state index contributed by atoms with van der Waals surface area (Å²) in [7, 11) is 1.67. The highest BCUT2D eigenvalue weighted by Crippen LogP contribution is 2.29. The number of benzene rings is 1. The molecule has 0 spiro atoms. The second kappa shape index (κ2) is 9.14. The predicted molar refractivity (Wildman–Crippen MR) is 102 cm³/mol. The molecule has 0 bridgehead atoms. The molecule has 0 aliphatic carbocycles. The van der Waals surface area contributed by atoms with Gasteiger partial charge in [0.1, 0.15) is 5.76 Å². The van der Waals surface area contributed by atoms with E-state index >= 15 is 0 Å². The number of furan rings is 1. The Morgan fingerprint density at radius 3 is 2.43 bits per heavy atom. The van der Waals surface area contributed by atoms with Crippen LogP contribution in [0.1, 0.15) is 35.8 Å². The van der Waals surface area contributed by atoms with E-state index < -0.39 is 11.7 Å². The number of rotatable bonds is 6. The number of nitrogens with one attached hydrogen (secondary N) is 2. The first-order valence-electron chi connectivity index (χ1n) is 9.35. The van der Waals surface area contributed by atoms with E-state index in [1.807, 2.05) is 12.1 Å². The molecule has 2 aromatic rings. The van der Waals surface area contributed by atoms with Gasteiger partial charge in [0.2, 0.25) is 0 Å². The van der Waals surface area contributed by atoms with Gasteiger partial charge in [0.05, 0.1) is 17.9 Å². The summed E-state index contributed by atoms with van der Waals surface area (Å²) in [4.78, 5) is 6.59. The van der Waals surface area contributed by atoms with Crippen LogP contribution in [0.15, 0.2) is 52.1 Å². The third kappa shape index (κ3) is 5.28. The number of hydrogen-bond acceptors (Lipinski definition) is 3. The van der Waals surface area contributed by atoms with Crippen LogP contribution in [0.5, 0.6) is 0 Å². The van der Waals surface area contributed by atoms with E-state index in [4.69, 9.17) is 4.42 Å². The third-order valence-corrected chi connectivity index (χ3v) is 4.88. The number of hydrogen-bond donors (Lipinski definition) is 2. The maximum atomic E-state index is 12.7. The largest absolute Gasteiger partial charge is 0.468 e. The lowest BCUT2D eigenvalue weighted by molar-refractivity contribution is -0.137. The van der Waals surface area contributed by atoms with Crippen molar-refractivity contribution in [3.8, 4) is 0 Å². The molecule has 1 fully saturated rings. The number of likely N-dealkylation sites (tertiary alicyclic amines) is 1. The molecule has 8 heteroatoms. The van der Waals surface area contributed by atoms with Crippen LogP contribution < -0.4 is 10.6 Å². The maximum Gasteiger partial charge on any atom is 0.416 e. The number of guanidine groups is 1. The minimum atomic E-state index is -4.32. The Bertz CT molecular complexity index is 751. The lowest BCUT2D eigenvalue weighted by atomic mass is 10.1. The fourth-order valence-corrected chi connectivity index (χ4v) is 3.36. The molecule has 2 heterocycles. The molecule has 1 aromatic carbocycles. The zero-order valence-corrected chi connectivity index (χ0v) is 15.8. The van der Waals surface area contributed by atoms with E-state index in [0.717, 1.165) is 36.5 Å². The fraction of sp³-hybridized carbons (Fsp3) is 0.450. The van der Waals surface area contributed by atoms with Crippen LogP contribution in [-0.4, -0.2) is 37.5 Å². The van der Waals surface area contributed by atoms with Gasteiger partial charge >= 0.3 is 6.18 Å². The zero-order valence-electron chi connectivity index (χ0n) is 15.8. The lowest BCUT2D eigenvalue weighted by Crippen LogP contribution is -2.42. The molecule has 1 saturated heterocycles. The van der Waals surface area contributed by atoms with Crippen LogP contribution in [0.3, 0.4) is 0 Å².